The van der Waals surface area contributed by atoms with Crippen LogP contribution in [0.1, 0.15) is 20.8 Å². The summed E-state index contributed by atoms with van der Waals surface area (Å²) in [4.78, 5) is 24.3. The predicted molar refractivity (Wildman–Crippen MR) is 65.4 cm³/mol. The molecule has 0 heterocycles. The molecule has 0 aliphatic heterocycles. The van der Waals surface area contributed by atoms with E-state index in [4.69, 9.17) is 21.1 Å². The molecule has 0 atom stereocenters. The monoisotopic (exact) mass is 265 g/mol. The van der Waals surface area contributed by atoms with Gasteiger partial charge in [0.2, 0.25) is 0 Å². The van der Waals surface area contributed by atoms with Gasteiger partial charge in [0.15, 0.2) is 5.78 Å². The lowest BCUT2D eigenvalue weighted by Crippen LogP contribution is -2.41. The number of amides is 1. The van der Waals surface area contributed by atoms with E-state index in [2.05, 4.69) is 0 Å². The van der Waals surface area contributed by atoms with Crippen LogP contribution in [0.3, 0.4) is 0 Å². The Morgan fingerprint density at radius 3 is 2.29 bits per heavy atom. The molecule has 0 aromatic rings. The van der Waals surface area contributed by atoms with Crippen molar-refractivity contribution >= 4 is 23.5 Å². The minimum atomic E-state index is -0.591. The summed E-state index contributed by atoms with van der Waals surface area (Å²) < 4.78 is 10.1. The zero-order valence-electron chi connectivity index (χ0n) is 10.8. The third-order valence-corrected chi connectivity index (χ3v) is 2.03. The highest BCUT2D eigenvalue weighted by Crippen LogP contribution is 2.09. The van der Waals surface area contributed by atoms with Gasteiger partial charge in [-0.3, -0.25) is 9.69 Å². The summed E-state index contributed by atoms with van der Waals surface area (Å²) in [7, 11) is 1.52. The fourth-order valence-electron chi connectivity index (χ4n) is 1.02. The predicted octanol–water partition coefficient (Wildman–Crippen LogP) is 1.68. The summed E-state index contributed by atoms with van der Waals surface area (Å²) in [5.41, 5.74) is -0.591. The number of hydrogen-bond acceptors (Lipinski definition) is 4. The van der Waals surface area contributed by atoms with Crippen molar-refractivity contribution in [1.29, 1.82) is 0 Å². The molecule has 0 aliphatic rings. The van der Waals surface area contributed by atoms with Gasteiger partial charge in [-0.2, -0.15) is 0 Å². The number of carbonyl (C=O) groups is 2. The molecule has 0 bridgehead atoms. The number of halogens is 1. The lowest BCUT2D eigenvalue weighted by molar-refractivity contribution is -0.118. The molecule has 1 amide bonds. The third-order valence-electron chi connectivity index (χ3n) is 1.73. The number of nitrogens with zero attached hydrogens (tertiary/aromatic N) is 1. The second kappa shape index (κ2) is 7.50. The van der Waals surface area contributed by atoms with Gasteiger partial charge in [0.1, 0.15) is 5.60 Å². The molecule has 6 heteroatoms. The summed E-state index contributed by atoms with van der Waals surface area (Å²) in [6.45, 7) is 5.89. The normalized spacial score (nSPS) is 11.1. The maximum atomic E-state index is 11.8. The Kier molecular flexibility index (Phi) is 7.15. The van der Waals surface area contributed by atoms with Crippen LogP contribution in [-0.4, -0.2) is 55.1 Å². The van der Waals surface area contributed by atoms with Gasteiger partial charge in [-0.05, 0) is 20.8 Å². The molecule has 0 radical (unpaired) electrons. The first-order valence-corrected chi connectivity index (χ1v) is 5.88. The van der Waals surface area contributed by atoms with E-state index in [1.165, 1.54) is 12.0 Å². The van der Waals surface area contributed by atoms with Gasteiger partial charge in [-0.15, -0.1) is 11.6 Å². The van der Waals surface area contributed by atoms with Gasteiger partial charge in [0, 0.05) is 13.7 Å². The molecule has 0 saturated carbocycles. The highest BCUT2D eigenvalue weighted by molar-refractivity contribution is 6.28. The minimum Gasteiger partial charge on any atom is -0.444 e. The van der Waals surface area contributed by atoms with Crippen LogP contribution in [0.5, 0.6) is 0 Å². The molecule has 0 unspecified atom stereocenters. The van der Waals surface area contributed by atoms with Gasteiger partial charge in [0.25, 0.3) is 0 Å². The molecule has 0 aromatic heterocycles. The Hall–Kier alpha value is -0.810. The maximum absolute atomic E-state index is 11.8. The smallest absolute Gasteiger partial charge is 0.410 e. The van der Waals surface area contributed by atoms with Gasteiger partial charge >= 0.3 is 6.09 Å². The average Bonchev–Trinajstić information content (AvgIpc) is 2.21. The molecule has 0 fully saturated rings. The summed E-state index contributed by atoms with van der Waals surface area (Å²) >= 11 is 5.41. The van der Waals surface area contributed by atoms with Crippen LogP contribution in [0.25, 0.3) is 0 Å². The Labute approximate surface area is 107 Å². The van der Waals surface area contributed by atoms with Gasteiger partial charge < -0.3 is 9.47 Å². The van der Waals surface area contributed by atoms with E-state index in [0.717, 1.165) is 0 Å². The lowest BCUT2D eigenvalue weighted by atomic mass is 10.2. The molecule has 0 saturated heterocycles. The number of carbonyl (C=O) groups excluding carboxylic acids is 2. The number of methoxy groups -OCH3 is 1. The molecule has 0 N–H and O–H groups in total. The molecule has 5 nitrogen and oxygen atoms in total. The van der Waals surface area contributed by atoms with Gasteiger partial charge in [0.05, 0.1) is 19.0 Å². The van der Waals surface area contributed by atoms with Gasteiger partial charge in [-0.1, -0.05) is 0 Å². The first kappa shape index (κ1) is 16.2. The zero-order chi connectivity index (χ0) is 13.5. The molecule has 17 heavy (non-hydrogen) atoms. The summed E-state index contributed by atoms with van der Waals surface area (Å²) in [6, 6.07) is 0. The fraction of sp³-hybridized carbons (Fsp3) is 0.818. The van der Waals surface area contributed by atoms with Crippen LogP contribution >= 0.6 is 11.6 Å². The first-order chi connectivity index (χ1) is 7.80. The minimum absolute atomic E-state index is 0.0538. The maximum Gasteiger partial charge on any atom is 0.410 e. The number of Topliss-reactive ketones (excluding diaryl/α,β-unsaturated/α-hetero) is 1. The van der Waals surface area contributed by atoms with E-state index in [0.29, 0.717) is 13.2 Å². The standard InChI is InChI=1S/C11H20ClNO4/c1-11(2,3)17-10(15)13(5-6-16-4)8-9(14)7-12/h5-8H2,1-4H3. The Morgan fingerprint density at radius 2 is 1.88 bits per heavy atom. The number of ether oxygens (including phenoxy) is 2. The van der Waals surface area contributed by atoms with Crippen molar-refractivity contribution in [1.82, 2.24) is 4.90 Å². The highest BCUT2D eigenvalue weighted by atomic mass is 35.5. The van der Waals surface area contributed by atoms with Crippen molar-refractivity contribution in [3.05, 3.63) is 0 Å². The molecule has 0 aliphatic carbocycles. The number of alkyl halides is 1. The first-order valence-electron chi connectivity index (χ1n) is 5.34. The Balaban J connectivity index is 4.44. The van der Waals surface area contributed by atoms with Crippen molar-refractivity contribution in [2.75, 3.05) is 32.7 Å². The van der Waals surface area contributed by atoms with Crippen LogP contribution in [0.15, 0.2) is 0 Å². The van der Waals surface area contributed by atoms with Crippen LogP contribution in [0, 0.1) is 0 Å². The van der Waals surface area contributed by atoms with Crippen LogP contribution in [0.4, 0.5) is 4.79 Å². The second-order valence-corrected chi connectivity index (χ2v) is 4.83. The van der Waals surface area contributed by atoms with Gasteiger partial charge in [-0.25, -0.2) is 4.79 Å². The molecule has 0 aromatic carbocycles. The summed E-state index contributed by atoms with van der Waals surface area (Å²) in [5, 5.41) is 0. The van der Waals surface area contributed by atoms with Crippen molar-refractivity contribution in [3.8, 4) is 0 Å². The molecule has 0 spiro atoms. The topological polar surface area (TPSA) is 55.8 Å². The number of rotatable bonds is 6. The van der Waals surface area contributed by atoms with Crippen molar-refractivity contribution in [2.45, 2.75) is 26.4 Å². The van der Waals surface area contributed by atoms with E-state index in [-0.39, 0.29) is 18.2 Å². The molecular weight excluding hydrogens is 246 g/mol. The Bertz CT molecular complexity index is 263. The summed E-state index contributed by atoms with van der Waals surface area (Å²) in [6.07, 6.45) is -0.534. The average molecular weight is 266 g/mol. The fourth-order valence-corrected chi connectivity index (χ4v) is 1.10. The largest absolute Gasteiger partial charge is 0.444 e. The lowest BCUT2D eigenvalue weighted by Gasteiger charge is -2.26. The molecule has 0 rings (SSSR count). The van der Waals surface area contributed by atoms with Crippen LogP contribution in [0.2, 0.25) is 0 Å². The number of ketones is 1. The van der Waals surface area contributed by atoms with E-state index in [9.17, 15) is 9.59 Å². The van der Waals surface area contributed by atoms with Crippen molar-refractivity contribution in [2.24, 2.45) is 0 Å². The molecule has 100 valence electrons. The van der Waals surface area contributed by atoms with Crippen molar-refractivity contribution in [3.63, 3.8) is 0 Å². The van der Waals surface area contributed by atoms with Crippen LogP contribution < -0.4 is 0 Å². The SMILES string of the molecule is COCCN(CC(=O)CCl)C(=O)OC(C)(C)C. The van der Waals surface area contributed by atoms with Crippen molar-refractivity contribution < 1.29 is 19.1 Å². The molecular formula is C11H20ClNO4. The third kappa shape index (κ3) is 7.99. The Morgan fingerprint density at radius 1 is 1.29 bits per heavy atom. The summed E-state index contributed by atoms with van der Waals surface area (Å²) in [5.74, 6) is -0.347. The quantitative estimate of drug-likeness (QED) is 0.686. The zero-order valence-corrected chi connectivity index (χ0v) is 11.5. The van der Waals surface area contributed by atoms with E-state index in [1.807, 2.05) is 0 Å². The van der Waals surface area contributed by atoms with E-state index in [1.54, 1.807) is 20.8 Å². The van der Waals surface area contributed by atoms with E-state index >= 15 is 0 Å². The van der Waals surface area contributed by atoms with E-state index < -0.39 is 11.7 Å². The highest BCUT2D eigenvalue weighted by Gasteiger charge is 2.23. The second-order valence-electron chi connectivity index (χ2n) is 4.57. The van der Waals surface area contributed by atoms with Crippen LogP contribution in [-0.2, 0) is 14.3 Å². The number of hydrogen-bond donors (Lipinski definition) is 0.